The van der Waals surface area contributed by atoms with Crippen LogP contribution >= 0.6 is 0 Å². The molecular formula is C17H24N4O2S. The van der Waals surface area contributed by atoms with Gasteiger partial charge in [-0.3, -0.25) is 9.67 Å². The SMILES string of the molecule is CCCn1nccc1-c1cc(C[C@H]2CCN(S(C)(=O)=O)C2)ccn1. The Morgan fingerprint density at radius 2 is 2.12 bits per heavy atom. The molecule has 0 N–H and O–H groups in total. The number of pyridine rings is 1. The van der Waals surface area contributed by atoms with Crippen molar-refractivity contribution in [3.8, 4) is 11.4 Å². The zero-order valence-electron chi connectivity index (χ0n) is 14.2. The molecule has 3 heterocycles. The Morgan fingerprint density at radius 1 is 1.29 bits per heavy atom. The van der Waals surface area contributed by atoms with Gasteiger partial charge in [-0.2, -0.15) is 5.10 Å². The molecule has 1 aliphatic heterocycles. The molecule has 1 fully saturated rings. The largest absolute Gasteiger partial charge is 0.263 e. The van der Waals surface area contributed by atoms with Gasteiger partial charge in [-0.1, -0.05) is 6.92 Å². The van der Waals surface area contributed by atoms with Crippen molar-refractivity contribution in [1.82, 2.24) is 19.1 Å². The van der Waals surface area contributed by atoms with Crippen LogP contribution in [0.2, 0.25) is 0 Å². The van der Waals surface area contributed by atoms with Crippen molar-refractivity contribution in [1.29, 1.82) is 0 Å². The highest BCUT2D eigenvalue weighted by Gasteiger charge is 2.28. The van der Waals surface area contributed by atoms with Crippen molar-refractivity contribution >= 4 is 10.0 Å². The monoisotopic (exact) mass is 348 g/mol. The van der Waals surface area contributed by atoms with Crippen LogP contribution in [0, 0.1) is 5.92 Å². The number of aromatic nitrogens is 3. The Bertz CT molecular complexity index is 800. The molecule has 0 amide bonds. The summed E-state index contributed by atoms with van der Waals surface area (Å²) in [6, 6.07) is 6.11. The van der Waals surface area contributed by atoms with Crippen LogP contribution in [0.1, 0.15) is 25.3 Å². The predicted molar refractivity (Wildman–Crippen MR) is 94.0 cm³/mol. The molecule has 0 saturated carbocycles. The lowest BCUT2D eigenvalue weighted by Crippen LogP contribution is -2.27. The molecule has 0 bridgehead atoms. The molecule has 2 aromatic rings. The van der Waals surface area contributed by atoms with Gasteiger partial charge in [0.1, 0.15) is 0 Å². The minimum absolute atomic E-state index is 0.371. The molecule has 0 aromatic carbocycles. The van der Waals surface area contributed by atoms with E-state index >= 15 is 0 Å². The molecule has 1 atom stereocenters. The first-order valence-corrected chi connectivity index (χ1v) is 10.2. The first-order valence-electron chi connectivity index (χ1n) is 8.39. The standard InChI is InChI=1S/C17H24N4O2S/c1-3-9-21-17(5-8-19-21)16-12-14(4-7-18-16)11-15-6-10-20(13-15)24(2,22)23/h4-5,7-8,12,15H,3,6,9-11,13H2,1-2H3/t15-/m1/s1. The summed E-state index contributed by atoms with van der Waals surface area (Å²) in [4.78, 5) is 4.49. The number of hydrogen-bond acceptors (Lipinski definition) is 4. The fourth-order valence-electron chi connectivity index (χ4n) is 3.28. The molecule has 0 radical (unpaired) electrons. The topological polar surface area (TPSA) is 68.1 Å². The lowest BCUT2D eigenvalue weighted by Gasteiger charge is -2.14. The summed E-state index contributed by atoms with van der Waals surface area (Å²) < 4.78 is 26.9. The van der Waals surface area contributed by atoms with E-state index in [2.05, 4.69) is 23.1 Å². The highest BCUT2D eigenvalue weighted by molar-refractivity contribution is 7.88. The summed E-state index contributed by atoms with van der Waals surface area (Å²) in [5.74, 6) is 0.371. The van der Waals surface area contributed by atoms with E-state index in [1.807, 2.05) is 23.0 Å². The van der Waals surface area contributed by atoms with Gasteiger partial charge in [-0.15, -0.1) is 0 Å². The third kappa shape index (κ3) is 3.84. The first-order chi connectivity index (χ1) is 11.5. The van der Waals surface area contributed by atoms with Crippen LogP contribution in [0.25, 0.3) is 11.4 Å². The molecule has 2 aromatic heterocycles. The second kappa shape index (κ2) is 7.03. The van der Waals surface area contributed by atoms with Crippen molar-refractivity contribution in [2.24, 2.45) is 5.92 Å². The van der Waals surface area contributed by atoms with Crippen LogP contribution < -0.4 is 0 Å². The normalized spacial score (nSPS) is 19.0. The van der Waals surface area contributed by atoms with E-state index in [-0.39, 0.29) is 0 Å². The Kier molecular flexibility index (Phi) is 5.01. The summed E-state index contributed by atoms with van der Waals surface area (Å²) in [6.07, 6.45) is 7.74. The zero-order chi connectivity index (χ0) is 17.2. The summed E-state index contributed by atoms with van der Waals surface area (Å²) in [6.45, 7) is 4.25. The van der Waals surface area contributed by atoms with Gasteiger partial charge in [0.05, 0.1) is 17.6 Å². The Morgan fingerprint density at radius 3 is 2.83 bits per heavy atom. The number of hydrogen-bond donors (Lipinski definition) is 0. The molecule has 0 spiro atoms. The Hall–Kier alpha value is -1.73. The molecule has 0 unspecified atom stereocenters. The molecule has 7 heteroatoms. The van der Waals surface area contributed by atoms with Gasteiger partial charge < -0.3 is 0 Å². The molecule has 3 rings (SSSR count). The predicted octanol–water partition coefficient (Wildman–Crippen LogP) is 2.18. The van der Waals surface area contributed by atoms with Crippen LogP contribution in [0.3, 0.4) is 0 Å². The summed E-state index contributed by atoms with van der Waals surface area (Å²) in [5.41, 5.74) is 3.16. The number of sulfonamides is 1. The van der Waals surface area contributed by atoms with E-state index in [0.29, 0.717) is 19.0 Å². The summed E-state index contributed by atoms with van der Waals surface area (Å²) in [5, 5.41) is 4.36. The van der Waals surface area contributed by atoms with Crippen molar-refractivity contribution in [3.63, 3.8) is 0 Å². The van der Waals surface area contributed by atoms with Gasteiger partial charge in [0.2, 0.25) is 10.0 Å². The fraction of sp³-hybridized carbons (Fsp3) is 0.529. The van der Waals surface area contributed by atoms with Crippen molar-refractivity contribution in [3.05, 3.63) is 36.2 Å². The van der Waals surface area contributed by atoms with Gasteiger partial charge in [0, 0.05) is 32.0 Å². The Balaban J connectivity index is 1.73. The lowest BCUT2D eigenvalue weighted by molar-refractivity contribution is 0.460. The van der Waals surface area contributed by atoms with Crippen LogP contribution in [-0.2, 0) is 23.0 Å². The third-order valence-electron chi connectivity index (χ3n) is 4.48. The van der Waals surface area contributed by atoms with Gasteiger partial charge in [-0.25, -0.2) is 12.7 Å². The van der Waals surface area contributed by atoms with E-state index in [1.54, 1.807) is 10.5 Å². The van der Waals surface area contributed by atoms with E-state index in [0.717, 1.165) is 37.2 Å². The highest BCUT2D eigenvalue weighted by Crippen LogP contribution is 2.24. The molecule has 130 valence electrons. The quantitative estimate of drug-likeness (QED) is 0.802. The second-order valence-electron chi connectivity index (χ2n) is 6.47. The van der Waals surface area contributed by atoms with Gasteiger partial charge in [0.25, 0.3) is 0 Å². The molecule has 24 heavy (non-hydrogen) atoms. The maximum Gasteiger partial charge on any atom is 0.211 e. The van der Waals surface area contributed by atoms with Crippen LogP contribution in [0.15, 0.2) is 30.6 Å². The second-order valence-corrected chi connectivity index (χ2v) is 8.45. The maximum absolute atomic E-state index is 11.6. The molecule has 0 aliphatic carbocycles. The Labute approximate surface area is 143 Å². The minimum atomic E-state index is -3.07. The smallest absolute Gasteiger partial charge is 0.211 e. The van der Waals surface area contributed by atoms with Crippen LogP contribution in [-0.4, -0.2) is 46.8 Å². The third-order valence-corrected chi connectivity index (χ3v) is 5.75. The van der Waals surface area contributed by atoms with E-state index in [9.17, 15) is 8.42 Å². The van der Waals surface area contributed by atoms with Gasteiger partial charge in [0.15, 0.2) is 0 Å². The molecule has 1 saturated heterocycles. The fourth-order valence-corrected chi connectivity index (χ4v) is 4.20. The zero-order valence-corrected chi connectivity index (χ0v) is 15.0. The van der Waals surface area contributed by atoms with Crippen molar-refractivity contribution in [2.45, 2.75) is 32.7 Å². The summed E-state index contributed by atoms with van der Waals surface area (Å²) >= 11 is 0. The average molecular weight is 348 g/mol. The lowest BCUT2D eigenvalue weighted by atomic mass is 9.98. The minimum Gasteiger partial charge on any atom is -0.263 e. The molecule has 1 aliphatic rings. The van der Waals surface area contributed by atoms with Crippen LogP contribution in [0.5, 0.6) is 0 Å². The molecule has 6 nitrogen and oxygen atoms in total. The highest BCUT2D eigenvalue weighted by atomic mass is 32.2. The number of nitrogens with zero attached hydrogens (tertiary/aromatic N) is 4. The van der Waals surface area contributed by atoms with E-state index < -0.39 is 10.0 Å². The van der Waals surface area contributed by atoms with E-state index in [4.69, 9.17) is 0 Å². The van der Waals surface area contributed by atoms with Crippen LogP contribution in [0.4, 0.5) is 0 Å². The van der Waals surface area contributed by atoms with E-state index in [1.165, 1.54) is 11.8 Å². The summed E-state index contributed by atoms with van der Waals surface area (Å²) in [7, 11) is -3.07. The average Bonchev–Trinajstić information content (AvgIpc) is 3.17. The number of aryl methyl sites for hydroxylation is 1. The van der Waals surface area contributed by atoms with Crippen molar-refractivity contribution < 1.29 is 8.42 Å². The first kappa shape index (κ1) is 17.1. The number of rotatable bonds is 6. The maximum atomic E-state index is 11.6. The molecular weight excluding hydrogens is 324 g/mol. The van der Waals surface area contributed by atoms with Crippen molar-refractivity contribution in [2.75, 3.05) is 19.3 Å². The van der Waals surface area contributed by atoms with Gasteiger partial charge in [-0.05, 0) is 48.9 Å². The van der Waals surface area contributed by atoms with Gasteiger partial charge >= 0.3 is 0 Å².